The van der Waals surface area contributed by atoms with Crippen LogP contribution in [0.4, 0.5) is 4.79 Å². The Morgan fingerprint density at radius 1 is 1.45 bits per heavy atom. The van der Waals surface area contributed by atoms with Gasteiger partial charge in [-0.05, 0) is 12.8 Å². The van der Waals surface area contributed by atoms with E-state index in [1.807, 2.05) is 0 Å². The number of hydrogen-bond donors (Lipinski definition) is 3. The first-order valence-corrected chi connectivity index (χ1v) is 7.19. The molecule has 2 atom stereocenters. The molecule has 0 aromatic carbocycles. The summed E-state index contributed by atoms with van der Waals surface area (Å²) in [5.41, 5.74) is 0. The van der Waals surface area contributed by atoms with E-state index in [4.69, 9.17) is 0 Å². The minimum atomic E-state index is -0.210. The number of aryl methyl sites for hydroxylation is 1. The fourth-order valence-electron chi connectivity index (χ4n) is 2.65. The number of aromatic nitrogens is 3. The first kappa shape index (κ1) is 14.8. The molecular formula is C13H23N5O2. The number of carbonyl (C=O) groups is 1. The van der Waals surface area contributed by atoms with Crippen LogP contribution in [0.3, 0.4) is 0 Å². The Labute approximate surface area is 118 Å². The molecule has 2 amide bonds. The normalized spacial score (nSPS) is 23.1. The van der Waals surface area contributed by atoms with Gasteiger partial charge in [0.25, 0.3) is 0 Å². The van der Waals surface area contributed by atoms with Crippen LogP contribution in [0.1, 0.15) is 37.9 Å². The molecule has 1 heterocycles. The summed E-state index contributed by atoms with van der Waals surface area (Å²) in [6.45, 7) is 0.479. The highest BCUT2D eigenvalue weighted by molar-refractivity contribution is 5.74. The van der Waals surface area contributed by atoms with Gasteiger partial charge in [-0.3, -0.25) is 4.68 Å². The predicted octanol–water partition coefficient (Wildman–Crippen LogP) is 0.555. The second-order valence-electron chi connectivity index (χ2n) is 5.31. The molecule has 7 heteroatoms. The summed E-state index contributed by atoms with van der Waals surface area (Å²) in [6.07, 6.45) is 6.78. The quantitative estimate of drug-likeness (QED) is 0.703. The third-order valence-electron chi connectivity index (χ3n) is 3.92. The second-order valence-corrected chi connectivity index (χ2v) is 5.31. The fourth-order valence-corrected chi connectivity index (χ4v) is 2.65. The molecule has 112 valence electrons. The number of nitrogens with zero attached hydrogens (tertiary/aromatic N) is 3. The van der Waals surface area contributed by atoms with Crippen LogP contribution in [0, 0.1) is 5.92 Å². The number of amides is 2. The third kappa shape index (κ3) is 3.93. The van der Waals surface area contributed by atoms with Gasteiger partial charge in [-0.15, -0.1) is 0 Å². The van der Waals surface area contributed by atoms with Crippen molar-refractivity contribution < 1.29 is 9.90 Å². The zero-order chi connectivity index (χ0) is 14.4. The molecule has 0 aliphatic heterocycles. The molecule has 1 saturated carbocycles. The summed E-state index contributed by atoms with van der Waals surface area (Å²) in [4.78, 5) is 16.0. The molecular weight excluding hydrogens is 258 g/mol. The fraction of sp³-hybridized carbons (Fsp3) is 0.769. The van der Waals surface area contributed by atoms with Gasteiger partial charge in [0.1, 0.15) is 12.2 Å². The third-order valence-corrected chi connectivity index (χ3v) is 3.92. The van der Waals surface area contributed by atoms with Crippen molar-refractivity contribution in [3.05, 3.63) is 12.2 Å². The SMILES string of the molecule is Cn1ncnc1CNC(=O)NC1CCCCCC1CO. The molecule has 3 N–H and O–H groups in total. The van der Waals surface area contributed by atoms with E-state index in [9.17, 15) is 9.90 Å². The van der Waals surface area contributed by atoms with Crippen LogP contribution < -0.4 is 10.6 Å². The van der Waals surface area contributed by atoms with Gasteiger partial charge in [-0.2, -0.15) is 5.10 Å². The van der Waals surface area contributed by atoms with Crippen LogP contribution in [-0.2, 0) is 13.6 Å². The molecule has 1 aromatic rings. The molecule has 20 heavy (non-hydrogen) atoms. The zero-order valence-electron chi connectivity index (χ0n) is 11.9. The Hall–Kier alpha value is -1.63. The molecule has 0 radical (unpaired) electrons. The molecule has 0 saturated heterocycles. The van der Waals surface area contributed by atoms with E-state index in [1.54, 1.807) is 11.7 Å². The summed E-state index contributed by atoms with van der Waals surface area (Å²) in [6, 6.07) is -0.152. The Balaban J connectivity index is 1.82. The smallest absolute Gasteiger partial charge is 0.315 e. The van der Waals surface area contributed by atoms with Crippen LogP contribution >= 0.6 is 0 Å². The number of aliphatic hydroxyl groups is 1. The van der Waals surface area contributed by atoms with Crippen LogP contribution in [0.25, 0.3) is 0 Å². The lowest BCUT2D eigenvalue weighted by atomic mass is 9.96. The summed E-state index contributed by atoms with van der Waals surface area (Å²) in [5.74, 6) is 0.873. The first-order valence-electron chi connectivity index (χ1n) is 7.19. The van der Waals surface area contributed by atoms with Gasteiger partial charge < -0.3 is 15.7 Å². The zero-order valence-corrected chi connectivity index (χ0v) is 11.9. The molecule has 0 spiro atoms. The molecule has 1 aliphatic carbocycles. The van der Waals surface area contributed by atoms with Gasteiger partial charge in [0.05, 0.1) is 6.54 Å². The van der Waals surface area contributed by atoms with E-state index in [1.165, 1.54) is 12.7 Å². The average Bonchev–Trinajstić information content (AvgIpc) is 2.71. The summed E-state index contributed by atoms with van der Waals surface area (Å²) < 4.78 is 1.63. The van der Waals surface area contributed by atoms with Crippen molar-refractivity contribution >= 4 is 6.03 Å². The highest BCUT2D eigenvalue weighted by Crippen LogP contribution is 2.23. The van der Waals surface area contributed by atoms with Crippen LogP contribution in [0.5, 0.6) is 0 Å². The molecule has 0 bridgehead atoms. The lowest BCUT2D eigenvalue weighted by Gasteiger charge is -2.24. The van der Waals surface area contributed by atoms with E-state index in [-0.39, 0.29) is 24.6 Å². The molecule has 2 rings (SSSR count). The maximum Gasteiger partial charge on any atom is 0.315 e. The largest absolute Gasteiger partial charge is 0.396 e. The average molecular weight is 281 g/mol. The highest BCUT2D eigenvalue weighted by Gasteiger charge is 2.24. The van der Waals surface area contributed by atoms with E-state index < -0.39 is 0 Å². The van der Waals surface area contributed by atoms with Crippen molar-refractivity contribution in [2.24, 2.45) is 13.0 Å². The maximum atomic E-state index is 11.9. The van der Waals surface area contributed by atoms with Crippen molar-refractivity contribution in [2.75, 3.05) is 6.61 Å². The Bertz CT molecular complexity index is 434. The lowest BCUT2D eigenvalue weighted by Crippen LogP contribution is -2.46. The van der Waals surface area contributed by atoms with E-state index in [0.717, 1.165) is 25.7 Å². The Morgan fingerprint density at radius 3 is 2.95 bits per heavy atom. The monoisotopic (exact) mass is 281 g/mol. The van der Waals surface area contributed by atoms with Crippen molar-refractivity contribution in [3.63, 3.8) is 0 Å². The van der Waals surface area contributed by atoms with Crippen molar-refractivity contribution in [2.45, 2.75) is 44.7 Å². The molecule has 1 aromatic heterocycles. The minimum Gasteiger partial charge on any atom is -0.396 e. The molecule has 1 fully saturated rings. The summed E-state index contributed by atoms with van der Waals surface area (Å²) in [5, 5.41) is 19.1. The van der Waals surface area contributed by atoms with Crippen LogP contribution in [0.15, 0.2) is 6.33 Å². The minimum absolute atomic E-state index is 0.0574. The summed E-state index contributed by atoms with van der Waals surface area (Å²) in [7, 11) is 1.79. The second kappa shape index (κ2) is 7.23. The number of urea groups is 1. The van der Waals surface area contributed by atoms with Gasteiger partial charge in [-0.25, -0.2) is 9.78 Å². The van der Waals surface area contributed by atoms with Crippen LogP contribution in [-0.4, -0.2) is 38.6 Å². The number of rotatable bonds is 4. The highest BCUT2D eigenvalue weighted by atomic mass is 16.3. The topological polar surface area (TPSA) is 92.1 Å². The van der Waals surface area contributed by atoms with Gasteiger partial charge in [0.15, 0.2) is 0 Å². The molecule has 2 unspecified atom stereocenters. The molecule has 1 aliphatic rings. The van der Waals surface area contributed by atoms with E-state index >= 15 is 0 Å². The number of carbonyl (C=O) groups excluding carboxylic acids is 1. The first-order chi connectivity index (χ1) is 9.70. The van der Waals surface area contributed by atoms with Crippen molar-refractivity contribution in [1.82, 2.24) is 25.4 Å². The molecule has 7 nitrogen and oxygen atoms in total. The Kier molecular flexibility index (Phi) is 5.34. The van der Waals surface area contributed by atoms with Gasteiger partial charge >= 0.3 is 6.03 Å². The van der Waals surface area contributed by atoms with Crippen LogP contribution in [0.2, 0.25) is 0 Å². The number of hydrogen-bond acceptors (Lipinski definition) is 4. The Morgan fingerprint density at radius 2 is 2.25 bits per heavy atom. The van der Waals surface area contributed by atoms with Crippen molar-refractivity contribution in [3.8, 4) is 0 Å². The maximum absolute atomic E-state index is 11.9. The van der Waals surface area contributed by atoms with Gasteiger partial charge in [0.2, 0.25) is 0 Å². The van der Waals surface area contributed by atoms with Gasteiger partial charge in [-0.1, -0.05) is 19.3 Å². The van der Waals surface area contributed by atoms with Crippen molar-refractivity contribution in [1.29, 1.82) is 0 Å². The summed E-state index contributed by atoms with van der Waals surface area (Å²) >= 11 is 0. The van der Waals surface area contributed by atoms with E-state index in [0.29, 0.717) is 12.4 Å². The number of nitrogens with one attached hydrogen (secondary N) is 2. The lowest BCUT2D eigenvalue weighted by molar-refractivity contribution is 0.179. The van der Waals surface area contributed by atoms with E-state index in [2.05, 4.69) is 20.7 Å². The van der Waals surface area contributed by atoms with Gasteiger partial charge in [0, 0.05) is 25.6 Å². The number of aliphatic hydroxyl groups excluding tert-OH is 1. The standard InChI is InChI=1S/C13H23N5O2/c1-18-12(15-9-16-18)7-14-13(20)17-11-6-4-2-3-5-10(11)8-19/h9-11,19H,2-8H2,1H3,(H2,14,17,20). The predicted molar refractivity (Wildman–Crippen MR) is 73.8 cm³/mol.